The van der Waals surface area contributed by atoms with Crippen LogP contribution >= 0.6 is 0 Å². The Labute approximate surface area is 121 Å². The summed E-state index contributed by atoms with van der Waals surface area (Å²) in [6, 6.07) is 8.28. The van der Waals surface area contributed by atoms with Gasteiger partial charge in [0.05, 0.1) is 11.3 Å². The summed E-state index contributed by atoms with van der Waals surface area (Å²) in [5.41, 5.74) is 0.548. The number of hydrogen-bond acceptors (Lipinski definition) is 3. The van der Waals surface area contributed by atoms with Gasteiger partial charge >= 0.3 is 0 Å². The van der Waals surface area contributed by atoms with Crippen LogP contribution in [0.4, 0.5) is 10.1 Å². The molecular formula is C16H16FNO3. The number of phenolic OH excluding ortho intramolecular Hbond substituents is 2. The molecule has 0 saturated carbocycles. The van der Waals surface area contributed by atoms with Gasteiger partial charge in [-0.3, -0.25) is 4.79 Å². The van der Waals surface area contributed by atoms with Gasteiger partial charge in [0.25, 0.3) is 5.91 Å². The molecule has 0 fully saturated rings. The van der Waals surface area contributed by atoms with E-state index in [-0.39, 0.29) is 28.7 Å². The van der Waals surface area contributed by atoms with Crippen molar-refractivity contribution in [1.29, 1.82) is 0 Å². The van der Waals surface area contributed by atoms with Gasteiger partial charge < -0.3 is 15.5 Å². The van der Waals surface area contributed by atoms with Crippen LogP contribution in [-0.4, -0.2) is 16.1 Å². The number of halogens is 1. The lowest BCUT2D eigenvalue weighted by Crippen LogP contribution is -2.13. The third-order valence-corrected chi connectivity index (χ3v) is 3.13. The Morgan fingerprint density at radius 2 is 1.81 bits per heavy atom. The SMILES string of the molecule is CC(C)c1cc(C(=O)Nc2ccccc2F)c(O)cc1O. The van der Waals surface area contributed by atoms with Crippen molar-refractivity contribution in [3.8, 4) is 11.5 Å². The largest absolute Gasteiger partial charge is 0.508 e. The predicted molar refractivity (Wildman–Crippen MR) is 78.2 cm³/mol. The molecule has 0 radical (unpaired) electrons. The summed E-state index contributed by atoms with van der Waals surface area (Å²) in [6.07, 6.45) is 0. The first-order valence-corrected chi connectivity index (χ1v) is 6.52. The molecule has 0 spiro atoms. The second-order valence-electron chi connectivity index (χ2n) is 5.02. The number of anilines is 1. The first-order valence-electron chi connectivity index (χ1n) is 6.52. The van der Waals surface area contributed by atoms with E-state index in [1.807, 2.05) is 13.8 Å². The Bertz CT molecular complexity index is 683. The second kappa shape index (κ2) is 5.83. The van der Waals surface area contributed by atoms with Gasteiger partial charge in [0.2, 0.25) is 0 Å². The van der Waals surface area contributed by atoms with Crippen LogP contribution in [0.5, 0.6) is 11.5 Å². The maximum Gasteiger partial charge on any atom is 0.259 e. The van der Waals surface area contributed by atoms with Crippen molar-refractivity contribution in [3.63, 3.8) is 0 Å². The number of aromatic hydroxyl groups is 2. The van der Waals surface area contributed by atoms with Crippen LogP contribution in [0.3, 0.4) is 0 Å². The van der Waals surface area contributed by atoms with Crippen molar-refractivity contribution in [1.82, 2.24) is 0 Å². The van der Waals surface area contributed by atoms with Crippen molar-refractivity contribution in [2.45, 2.75) is 19.8 Å². The van der Waals surface area contributed by atoms with Gasteiger partial charge in [0, 0.05) is 6.07 Å². The molecule has 0 aliphatic heterocycles. The molecule has 1 amide bonds. The number of carbonyl (C=O) groups excluding carboxylic acids is 1. The molecule has 4 nitrogen and oxygen atoms in total. The monoisotopic (exact) mass is 289 g/mol. The van der Waals surface area contributed by atoms with E-state index < -0.39 is 11.7 Å². The lowest BCUT2D eigenvalue weighted by atomic mass is 9.98. The van der Waals surface area contributed by atoms with E-state index in [9.17, 15) is 19.4 Å². The molecule has 0 aliphatic carbocycles. The third kappa shape index (κ3) is 3.13. The molecule has 2 aromatic carbocycles. The van der Waals surface area contributed by atoms with Gasteiger partial charge in [-0.1, -0.05) is 26.0 Å². The normalized spacial score (nSPS) is 10.7. The van der Waals surface area contributed by atoms with E-state index >= 15 is 0 Å². The Kier molecular flexibility index (Phi) is 4.12. The topological polar surface area (TPSA) is 69.6 Å². The van der Waals surface area contributed by atoms with Crippen LogP contribution in [0.25, 0.3) is 0 Å². The lowest BCUT2D eigenvalue weighted by Gasteiger charge is -2.13. The molecule has 0 heterocycles. The van der Waals surface area contributed by atoms with Crippen LogP contribution < -0.4 is 5.32 Å². The van der Waals surface area contributed by atoms with Crippen LogP contribution in [0.2, 0.25) is 0 Å². The number of carbonyl (C=O) groups is 1. The summed E-state index contributed by atoms with van der Waals surface area (Å²) in [5, 5.41) is 21.9. The molecule has 0 unspecified atom stereocenters. The second-order valence-corrected chi connectivity index (χ2v) is 5.02. The van der Waals surface area contributed by atoms with Crippen molar-refractivity contribution in [2.75, 3.05) is 5.32 Å². The van der Waals surface area contributed by atoms with Gasteiger partial charge in [-0.15, -0.1) is 0 Å². The van der Waals surface area contributed by atoms with Crippen molar-refractivity contribution in [3.05, 3.63) is 53.3 Å². The summed E-state index contributed by atoms with van der Waals surface area (Å²) in [4.78, 5) is 12.2. The lowest BCUT2D eigenvalue weighted by molar-refractivity contribution is 0.102. The minimum absolute atomic E-state index is 0.0141. The third-order valence-electron chi connectivity index (χ3n) is 3.13. The van der Waals surface area contributed by atoms with Crippen molar-refractivity contribution >= 4 is 11.6 Å². The smallest absolute Gasteiger partial charge is 0.259 e. The maximum absolute atomic E-state index is 13.5. The quantitative estimate of drug-likeness (QED) is 0.808. The number of amides is 1. The highest BCUT2D eigenvalue weighted by molar-refractivity contribution is 6.06. The average molecular weight is 289 g/mol. The fourth-order valence-corrected chi connectivity index (χ4v) is 1.99. The zero-order valence-corrected chi connectivity index (χ0v) is 11.7. The highest BCUT2D eigenvalue weighted by Crippen LogP contribution is 2.32. The molecule has 2 rings (SSSR count). The van der Waals surface area contributed by atoms with Crippen LogP contribution in [0.1, 0.15) is 35.7 Å². The highest BCUT2D eigenvalue weighted by Gasteiger charge is 2.17. The molecule has 0 aromatic heterocycles. The minimum atomic E-state index is -0.639. The molecule has 3 N–H and O–H groups in total. The fraction of sp³-hybridized carbons (Fsp3) is 0.188. The molecule has 5 heteroatoms. The van der Waals surface area contributed by atoms with Gasteiger partial charge in [0.15, 0.2) is 0 Å². The summed E-state index contributed by atoms with van der Waals surface area (Å²) < 4.78 is 13.5. The van der Waals surface area contributed by atoms with Gasteiger partial charge in [-0.05, 0) is 29.7 Å². The van der Waals surface area contributed by atoms with E-state index in [0.29, 0.717) is 5.56 Å². The van der Waals surface area contributed by atoms with Gasteiger partial charge in [0.1, 0.15) is 17.3 Å². The summed E-state index contributed by atoms with van der Waals surface area (Å²) in [7, 11) is 0. The molecular weight excluding hydrogens is 273 g/mol. The number of para-hydroxylation sites is 1. The number of rotatable bonds is 3. The first-order chi connectivity index (χ1) is 9.90. The summed E-state index contributed by atoms with van der Waals surface area (Å²) in [6.45, 7) is 3.70. The molecule has 21 heavy (non-hydrogen) atoms. The fourth-order valence-electron chi connectivity index (χ4n) is 1.99. The Balaban J connectivity index is 2.35. The van der Waals surface area contributed by atoms with Gasteiger partial charge in [-0.25, -0.2) is 4.39 Å². The number of phenols is 2. The van der Waals surface area contributed by atoms with Crippen LogP contribution in [0.15, 0.2) is 36.4 Å². The van der Waals surface area contributed by atoms with Crippen LogP contribution in [-0.2, 0) is 0 Å². The summed E-state index contributed by atoms with van der Waals surface area (Å²) in [5.74, 6) is -1.66. The Morgan fingerprint density at radius 3 is 2.43 bits per heavy atom. The van der Waals surface area contributed by atoms with E-state index in [1.54, 1.807) is 6.07 Å². The molecule has 0 saturated heterocycles. The molecule has 0 bridgehead atoms. The number of benzene rings is 2. The van der Waals surface area contributed by atoms with E-state index in [1.165, 1.54) is 24.3 Å². The van der Waals surface area contributed by atoms with Gasteiger partial charge in [-0.2, -0.15) is 0 Å². The standard InChI is InChI=1S/C16H16FNO3/c1-9(2)10-7-11(15(20)8-14(10)19)16(21)18-13-6-4-3-5-12(13)17/h3-9,19-20H,1-2H3,(H,18,21). The average Bonchev–Trinajstić information content (AvgIpc) is 2.40. The van der Waals surface area contributed by atoms with E-state index in [0.717, 1.165) is 6.07 Å². The number of hydrogen-bond donors (Lipinski definition) is 3. The maximum atomic E-state index is 13.5. The zero-order valence-electron chi connectivity index (χ0n) is 11.7. The minimum Gasteiger partial charge on any atom is -0.508 e. The highest BCUT2D eigenvalue weighted by atomic mass is 19.1. The van der Waals surface area contributed by atoms with Crippen molar-refractivity contribution < 1.29 is 19.4 Å². The van der Waals surface area contributed by atoms with E-state index in [2.05, 4.69) is 5.32 Å². The van der Waals surface area contributed by atoms with Crippen LogP contribution in [0, 0.1) is 5.82 Å². The summed E-state index contributed by atoms with van der Waals surface area (Å²) >= 11 is 0. The zero-order chi connectivity index (χ0) is 15.6. The molecule has 0 aliphatic rings. The predicted octanol–water partition coefficient (Wildman–Crippen LogP) is 3.61. The number of nitrogens with one attached hydrogen (secondary N) is 1. The first kappa shape index (κ1) is 14.8. The van der Waals surface area contributed by atoms with E-state index in [4.69, 9.17) is 0 Å². The molecule has 0 atom stereocenters. The Morgan fingerprint density at radius 1 is 1.14 bits per heavy atom. The Hall–Kier alpha value is -2.56. The molecule has 110 valence electrons. The molecule has 2 aromatic rings. The van der Waals surface area contributed by atoms with Crippen molar-refractivity contribution in [2.24, 2.45) is 0 Å².